The van der Waals surface area contributed by atoms with Gasteiger partial charge in [-0.15, -0.1) is 0 Å². The highest BCUT2D eigenvalue weighted by Crippen LogP contribution is 2.22. The van der Waals surface area contributed by atoms with E-state index in [0.717, 1.165) is 0 Å². The summed E-state index contributed by atoms with van der Waals surface area (Å²) in [5, 5.41) is 0.361. The first-order valence-electron chi connectivity index (χ1n) is 7.12. The van der Waals surface area contributed by atoms with Gasteiger partial charge in [-0.25, -0.2) is 13.1 Å². The fourth-order valence-corrected chi connectivity index (χ4v) is 4.03. The predicted octanol–water partition coefficient (Wildman–Crippen LogP) is 2.27. The number of carbonyl (C=O) groups is 1. The van der Waals surface area contributed by atoms with Crippen molar-refractivity contribution in [3.63, 3.8) is 0 Å². The molecular weight excluding hydrogens is 324 g/mol. The highest BCUT2D eigenvalue weighted by atomic mass is 35.5. The van der Waals surface area contributed by atoms with Crippen LogP contribution in [0, 0.1) is 5.41 Å². The van der Waals surface area contributed by atoms with Gasteiger partial charge in [0.1, 0.15) is 0 Å². The van der Waals surface area contributed by atoms with E-state index in [9.17, 15) is 13.2 Å². The van der Waals surface area contributed by atoms with Crippen molar-refractivity contribution in [2.24, 2.45) is 5.41 Å². The van der Waals surface area contributed by atoms with E-state index in [4.69, 9.17) is 11.6 Å². The summed E-state index contributed by atoms with van der Waals surface area (Å²) in [5.41, 5.74) is -0.0175. The Bertz CT molecular complexity index is 668. The van der Waals surface area contributed by atoms with Gasteiger partial charge in [-0.05, 0) is 23.6 Å². The van der Waals surface area contributed by atoms with Crippen LogP contribution in [0.15, 0.2) is 29.2 Å². The third-order valence-corrected chi connectivity index (χ3v) is 5.06. The Morgan fingerprint density at radius 1 is 1.36 bits per heavy atom. The van der Waals surface area contributed by atoms with Crippen LogP contribution in [0.2, 0.25) is 5.02 Å². The van der Waals surface area contributed by atoms with E-state index in [1.807, 2.05) is 20.8 Å². The molecule has 122 valence electrons. The van der Waals surface area contributed by atoms with E-state index in [-0.39, 0.29) is 22.6 Å². The van der Waals surface area contributed by atoms with E-state index < -0.39 is 16.1 Å². The molecular formula is C15H21ClN2O3S. The van der Waals surface area contributed by atoms with Crippen molar-refractivity contribution in [3.8, 4) is 0 Å². The number of sulfonamides is 1. The SMILES string of the molecule is CC(C)(C)CN1C[C@@H](NS(=O)(=O)c2cccc(Cl)c2)CC1=O. The lowest BCUT2D eigenvalue weighted by atomic mass is 9.96. The summed E-state index contributed by atoms with van der Waals surface area (Å²) in [7, 11) is -3.67. The van der Waals surface area contributed by atoms with E-state index in [0.29, 0.717) is 18.1 Å². The number of halogens is 1. The summed E-state index contributed by atoms with van der Waals surface area (Å²) >= 11 is 5.83. The molecule has 7 heteroatoms. The Morgan fingerprint density at radius 3 is 2.64 bits per heavy atom. The van der Waals surface area contributed by atoms with Gasteiger partial charge in [0.25, 0.3) is 0 Å². The summed E-state index contributed by atoms with van der Waals surface area (Å²) in [5.74, 6) is -0.0197. The van der Waals surface area contributed by atoms with Crippen molar-refractivity contribution in [3.05, 3.63) is 29.3 Å². The Hall–Kier alpha value is -1.11. The molecule has 1 atom stereocenters. The highest BCUT2D eigenvalue weighted by molar-refractivity contribution is 7.89. The van der Waals surface area contributed by atoms with Crippen LogP contribution in [0.4, 0.5) is 0 Å². The van der Waals surface area contributed by atoms with Gasteiger partial charge in [-0.3, -0.25) is 4.79 Å². The third-order valence-electron chi connectivity index (χ3n) is 3.31. The molecule has 1 heterocycles. The van der Waals surface area contributed by atoms with Crippen LogP contribution in [-0.2, 0) is 14.8 Å². The van der Waals surface area contributed by atoms with Crippen molar-refractivity contribution >= 4 is 27.5 Å². The lowest BCUT2D eigenvalue weighted by molar-refractivity contribution is -0.128. The molecule has 0 bridgehead atoms. The monoisotopic (exact) mass is 344 g/mol. The Labute approximate surface area is 136 Å². The lowest BCUT2D eigenvalue weighted by Crippen LogP contribution is -2.39. The van der Waals surface area contributed by atoms with E-state index >= 15 is 0 Å². The van der Waals surface area contributed by atoms with Crippen molar-refractivity contribution < 1.29 is 13.2 Å². The molecule has 1 fully saturated rings. The second kappa shape index (κ2) is 6.18. The molecule has 2 rings (SSSR count). The van der Waals surface area contributed by atoms with Gasteiger partial charge < -0.3 is 4.90 Å². The molecule has 0 unspecified atom stereocenters. The average Bonchev–Trinajstić information content (AvgIpc) is 2.66. The van der Waals surface area contributed by atoms with E-state index in [1.165, 1.54) is 12.1 Å². The Morgan fingerprint density at radius 2 is 2.05 bits per heavy atom. The van der Waals surface area contributed by atoms with Crippen LogP contribution in [0.5, 0.6) is 0 Å². The molecule has 1 amide bonds. The van der Waals surface area contributed by atoms with Gasteiger partial charge >= 0.3 is 0 Å². The summed E-state index contributed by atoms with van der Waals surface area (Å²) in [6.07, 6.45) is 0.190. The first kappa shape index (κ1) is 17.2. The lowest BCUT2D eigenvalue weighted by Gasteiger charge is -2.26. The largest absolute Gasteiger partial charge is 0.341 e. The number of rotatable bonds is 4. The molecule has 1 saturated heterocycles. The topological polar surface area (TPSA) is 66.5 Å². The van der Waals surface area contributed by atoms with Crippen LogP contribution in [0.3, 0.4) is 0 Å². The minimum atomic E-state index is -3.67. The molecule has 1 aliphatic rings. The zero-order chi connectivity index (χ0) is 16.5. The number of hydrogen-bond acceptors (Lipinski definition) is 3. The maximum atomic E-state index is 12.3. The third kappa shape index (κ3) is 4.44. The first-order chi connectivity index (χ1) is 10.1. The number of nitrogens with one attached hydrogen (secondary N) is 1. The molecule has 0 radical (unpaired) electrons. The fraction of sp³-hybridized carbons (Fsp3) is 0.533. The number of likely N-dealkylation sites (tertiary alicyclic amines) is 1. The number of carbonyl (C=O) groups excluding carboxylic acids is 1. The molecule has 0 aliphatic carbocycles. The minimum absolute atomic E-state index is 0.0175. The minimum Gasteiger partial charge on any atom is -0.341 e. The molecule has 0 spiro atoms. The van der Waals surface area contributed by atoms with Gasteiger partial charge in [-0.2, -0.15) is 0 Å². The van der Waals surface area contributed by atoms with Crippen molar-refractivity contribution in [2.45, 2.75) is 38.1 Å². The molecule has 1 aromatic rings. The second-order valence-electron chi connectivity index (χ2n) is 6.81. The summed E-state index contributed by atoms with van der Waals surface area (Å²) in [4.78, 5) is 13.8. The molecule has 1 aliphatic heterocycles. The Balaban J connectivity index is 2.07. The second-order valence-corrected chi connectivity index (χ2v) is 8.97. The number of hydrogen-bond donors (Lipinski definition) is 1. The number of nitrogens with zero attached hydrogens (tertiary/aromatic N) is 1. The summed E-state index contributed by atoms with van der Waals surface area (Å²) in [6, 6.07) is 5.68. The Kier molecular flexibility index (Phi) is 4.84. The van der Waals surface area contributed by atoms with Crippen LogP contribution >= 0.6 is 11.6 Å². The first-order valence-corrected chi connectivity index (χ1v) is 8.99. The van der Waals surface area contributed by atoms with Crippen LogP contribution < -0.4 is 4.72 Å². The van der Waals surface area contributed by atoms with E-state index in [1.54, 1.807) is 17.0 Å². The average molecular weight is 345 g/mol. The van der Waals surface area contributed by atoms with Gasteiger partial charge in [-0.1, -0.05) is 38.4 Å². The van der Waals surface area contributed by atoms with Crippen LogP contribution in [0.1, 0.15) is 27.2 Å². The van der Waals surface area contributed by atoms with Gasteiger partial charge in [0.05, 0.1) is 4.90 Å². The van der Waals surface area contributed by atoms with Crippen LogP contribution in [0.25, 0.3) is 0 Å². The maximum Gasteiger partial charge on any atom is 0.240 e. The van der Waals surface area contributed by atoms with Gasteiger partial charge in [0, 0.05) is 30.6 Å². The molecule has 0 aromatic heterocycles. The zero-order valence-corrected chi connectivity index (χ0v) is 14.5. The van der Waals surface area contributed by atoms with Gasteiger partial charge in [0.15, 0.2) is 0 Å². The molecule has 22 heavy (non-hydrogen) atoms. The molecule has 0 saturated carbocycles. The van der Waals surface area contributed by atoms with Crippen LogP contribution in [-0.4, -0.2) is 38.4 Å². The van der Waals surface area contributed by atoms with Crippen molar-refractivity contribution in [1.29, 1.82) is 0 Å². The normalized spacial score (nSPS) is 19.7. The number of benzene rings is 1. The quantitative estimate of drug-likeness (QED) is 0.911. The summed E-state index contributed by atoms with van der Waals surface area (Å²) < 4.78 is 27.3. The molecule has 5 nitrogen and oxygen atoms in total. The standard InChI is InChI=1S/C15H21ClN2O3S/c1-15(2,3)10-18-9-12(8-14(18)19)17-22(20,21)13-6-4-5-11(16)7-13/h4-7,12,17H,8-10H2,1-3H3/t12-/m0/s1. The predicted molar refractivity (Wildman–Crippen MR) is 86.2 cm³/mol. The van der Waals surface area contributed by atoms with Gasteiger partial charge in [0.2, 0.25) is 15.9 Å². The smallest absolute Gasteiger partial charge is 0.240 e. The zero-order valence-electron chi connectivity index (χ0n) is 13.0. The van der Waals surface area contributed by atoms with E-state index in [2.05, 4.69) is 4.72 Å². The van der Waals surface area contributed by atoms with Crippen molar-refractivity contribution in [1.82, 2.24) is 9.62 Å². The summed E-state index contributed by atoms with van der Waals surface area (Å²) in [6.45, 7) is 7.15. The molecule has 1 aromatic carbocycles. The number of amides is 1. The molecule has 1 N–H and O–H groups in total. The highest BCUT2D eigenvalue weighted by Gasteiger charge is 2.34. The maximum absolute atomic E-state index is 12.3. The van der Waals surface area contributed by atoms with Crippen molar-refractivity contribution in [2.75, 3.05) is 13.1 Å². The fourth-order valence-electron chi connectivity index (χ4n) is 2.50.